The predicted molar refractivity (Wildman–Crippen MR) is 275 cm³/mol. The number of nitrogens with zero attached hydrogens (tertiary/aromatic N) is 10. The van der Waals surface area contributed by atoms with E-state index in [1.165, 1.54) is 31.2 Å². The summed E-state index contributed by atoms with van der Waals surface area (Å²) in [7, 11) is -10.1. The Kier molecular flexibility index (Phi) is 14.3. The van der Waals surface area contributed by atoms with Crippen molar-refractivity contribution >= 4 is 127 Å². The Labute approximate surface area is 423 Å². The van der Waals surface area contributed by atoms with Crippen LogP contribution in [-0.2, 0) is 29.6 Å². The average Bonchev–Trinajstić information content (AvgIpc) is 3.39. The zero-order chi connectivity index (χ0) is 52.1. The van der Waals surface area contributed by atoms with Gasteiger partial charge < -0.3 is 15.9 Å². The number of phenols is 2. The van der Waals surface area contributed by atoms with Gasteiger partial charge in [-0.15, -0.1) is 24.8 Å². The van der Waals surface area contributed by atoms with E-state index in [2.05, 4.69) is 60.5 Å². The van der Waals surface area contributed by atoms with Gasteiger partial charge in [0.05, 0.1) is 67.8 Å². The van der Waals surface area contributed by atoms with Crippen LogP contribution in [0.25, 0.3) is 32.3 Å². The molecule has 0 unspecified atom stereocenters. The van der Waals surface area contributed by atoms with Crippen molar-refractivity contribution in [3.63, 3.8) is 0 Å². The lowest BCUT2D eigenvalue weighted by Crippen LogP contribution is -2.02. The molecule has 0 aliphatic rings. The zero-order valence-corrected chi connectivity index (χ0v) is 40.3. The van der Waals surface area contributed by atoms with Crippen LogP contribution >= 0.6 is 12.0 Å². The van der Waals surface area contributed by atoms with E-state index in [1.807, 2.05) is 42.5 Å². The minimum atomic E-state index is -5.08. The molecular formula is C49H35N11O11S3. The van der Waals surface area contributed by atoms with Crippen molar-refractivity contribution < 1.29 is 50.8 Å². The molecule has 0 fully saturated rings. The Hall–Kier alpha value is -8.79. The monoisotopic (exact) mass is 1050 g/mol. The third kappa shape index (κ3) is 10.8. The first-order valence-electron chi connectivity index (χ1n) is 21.4. The number of phenolic OH excluding ortho intramolecular Hbond substituents is 2. The molecule has 0 aliphatic heterocycles. The third-order valence-electron chi connectivity index (χ3n) is 11.1. The molecule has 0 saturated heterocycles. The van der Waals surface area contributed by atoms with Gasteiger partial charge in [0, 0.05) is 16.2 Å². The molecule has 7 N–H and O–H groups in total. The smallest absolute Gasteiger partial charge is 0.296 e. The van der Waals surface area contributed by atoms with Gasteiger partial charge in [-0.1, -0.05) is 59.6 Å². The first kappa shape index (κ1) is 50.2. The molecule has 0 radical (unpaired) electrons. The number of anilines is 1. The van der Waals surface area contributed by atoms with E-state index in [0.717, 1.165) is 34.7 Å². The van der Waals surface area contributed by atoms with Gasteiger partial charge in [0.1, 0.15) is 26.9 Å². The highest BCUT2D eigenvalue weighted by Crippen LogP contribution is 2.50. The standard InChI is InChI=1S/C49H35N11O11S3/c1-27-36-25-43(74(67,68)69)47(60-55-33-20-16-31(17-21-33)52-51-30-14-18-32(19-15-30)53-57-39-13-7-9-28-8-5-6-12-34(28)39)48(61)35(36)22-23-38(27)56-58-40-26-42(73(64,65)66)37-24-41(72-71-70-63)46(49(62)44(37)45(40)50)59-54-29-10-3-2-4-11-29/h2-26,61-63H,50H2,1H3,(H,64,65,66)(H,67,68,69). The molecule has 74 heavy (non-hydrogen) atoms. The maximum absolute atomic E-state index is 12.8. The van der Waals surface area contributed by atoms with E-state index in [0.29, 0.717) is 34.8 Å². The molecule has 9 aromatic carbocycles. The van der Waals surface area contributed by atoms with Gasteiger partial charge in [0.15, 0.2) is 11.5 Å². The lowest BCUT2D eigenvalue weighted by molar-refractivity contribution is -0.432. The summed E-state index contributed by atoms with van der Waals surface area (Å²) in [4.78, 5) is -1.70. The van der Waals surface area contributed by atoms with Gasteiger partial charge in [-0.25, -0.2) is 5.26 Å². The van der Waals surface area contributed by atoms with Crippen LogP contribution in [0.2, 0.25) is 0 Å². The Morgan fingerprint density at radius 2 is 1.00 bits per heavy atom. The molecule has 22 nitrogen and oxygen atoms in total. The Morgan fingerprint density at radius 3 is 1.62 bits per heavy atom. The van der Waals surface area contributed by atoms with Crippen LogP contribution < -0.4 is 5.73 Å². The molecule has 0 amide bonds. The molecule has 9 rings (SSSR count). The fourth-order valence-electron chi connectivity index (χ4n) is 7.48. The zero-order valence-electron chi connectivity index (χ0n) is 37.9. The Bertz CT molecular complexity index is 4050. The summed E-state index contributed by atoms with van der Waals surface area (Å²) in [5.41, 5.74) is 8.12. The van der Waals surface area contributed by atoms with E-state index in [4.69, 9.17) is 11.0 Å². The predicted octanol–water partition coefficient (Wildman–Crippen LogP) is 15.4. The number of fused-ring (bicyclic) bond motifs is 3. The molecule has 0 aliphatic carbocycles. The van der Waals surface area contributed by atoms with Gasteiger partial charge in [0.2, 0.25) is 0 Å². The maximum Gasteiger partial charge on any atom is 0.296 e. The normalized spacial score (nSPS) is 12.6. The molecular weight excluding hydrogens is 1010 g/mol. The first-order valence-corrected chi connectivity index (χ1v) is 25.0. The molecule has 370 valence electrons. The molecule has 0 heterocycles. The van der Waals surface area contributed by atoms with Gasteiger partial charge in [-0.2, -0.15) is 47.5 Å². The first-order chi connectivity index (χ1) is 35.6. The van der Waals surface area contributed by atoms with E-state index < -0.39 is 47.2 Å². The Balaban J connectivity index is 0.976. The van der Waals surface area contributed by atoms with Crippen LogP contribution in [0.1, 0.15) is 5.56 Å². The minimum Gasteiger partial charge on any atom is -0.505 e. The van der Waals surface area contributed by atoms with Crippen LogP contribution in [0.5, 0.6) is 11.5 Å². The van der Waals surface area contributed by atoms with Crippen molar-refractivity contribution in [1.82, 2.24) is 0 Å². The summed E-state index contributed by atoms with van der Waals surface area (Å²) in [5.74, 6) is -1.39. The van der Waals surface area contributed by atoms with Crippen molar-refractivity contribution in [2.75, 3.05) is 5.73 Å². The van der Waals surface area contributed by atoms with Crippen LogP contribution in [-0.4, -0.2) is 41.4 Å². The van der Waals surface area contributed by atoms with Gasteiger partial charge in [-0.3, -0.25) is 9.11 Å². The second-order valence-corrected chi connectivity index (χ2v) is 19.2. The highest BCUT2D eigenvalue weighted by Gasteiger charge is 2.27. The van der Waals surface area contributed by atoms with Crippen molar-refractivity contribution in [2.45, 2.75) is 21.6 Å². The quantitative estimate of drug-likeness (QED) is 0.0139. The molecule has 0 atom stereocenters. The number of rotatable bonds is 15. The van der Waals surface area contributed by atoms with Crippen LogP contribution in [0.3, 0.4) is 0 Å². The van der Waals surface area contributed by atoms with Gasteiger partial charge in [0.25, 0.3) is 20.2 Å². The third-order valence-corrected chi connectivity index (χ3v) is 13.5. The summed E-state index contributed by atoms with van der Waals surface area (Å²) in [5, 5.41) is 78.9. The SMILES string of the molecule is Cc1c(N=Nc2cc(S(=O)(=O)O)c3cc(SOOO)c(N=Nc4ccccc4)c(O)c3c2N)ccc2c(O)c(N=Nc3ccc(N=Nc4ccc(N=Nc5cccc6ccccc56)cc4)cc3)c(S(=O)(=O)O)cc12. The van der Waals surface area contributed by atoms with E-state index in [9.17, 15) is 36.2 Å². The fourth-order valence-corrected chi connectivity index (χ4v) is 9.32. The average molecular weight is 1050 g/mol. The van der Waals surface area contributed by atoms with Gasteiger partial charge in [-0.05, 0) is 120 Å². The highest BCUT2D eigenvalue weighted by atomic mass is 32.2. The number of hydrogen-bond donors (Lipinski definition) is 6. The summed E-state index contributed by atoms with van der Waals surface area (Å²) in [6.45, 7) is 1.50. The van der Waals surface area contributed by atoms with Gasteiger partial charge >= 0.3 is 0 Å². The van der Waals surface area contributed by atoms with Crippen molar-refractivity contribution in [2.24, 2.45) is 51.1 Å². The van der Waals surface area contributed by atoms with E-state index in [1.54, 1.807) is 66.7 Å². The summed E-state index contributed by atoms with van der Waals surface area (Å²) < 4.78 is 76.3. The second-order valence-electron chi connectivity index (χ2n) is 15.7. The van der Waals surface area contributed by atoms with Crippen molar-refractivity contribution in [3.05, 3.63) is 157 Å². The van der Waals surface area contributed by atoms with Crippen LogP contribution in [0.4, 0.5) is 62.6 Å². The number of aryl methyl sites for hydroxylation is 1. The van der Waals surface area contributed by atoms with Crippen molar-refractivity contribution in [1.29, 1.82) is 0 Å². The summed E-state index contributed by atoms with van der Waals surface area (Å²) >= 11 is 0.321. The lowest BCUT2D eigenvalue weighted by Gasteiger charge is -2.14. The van der Waals surface area contributed by atoms with Crippen LogP contribution in [0.15, 0.2) is 217 Å². The number of benzene rings is 9. The fraction of sp³-hybridized carbons (Fsp3) is 0.0204. The molecule has 9 aromatic rings. The molecule has 0 bridgehead atoms. The number of aromatic hydroxyl groups is 2. The van der Waals surface area contributed by atoms with E-state index in [-0.39, 0.29) is 60.4 Å². The van der Waals surface area contributed by atoms with Crippen molar-refractivity contribution in [3.8, 4) is 11.5 Å². The largest absolute Gasteiger partial charge is 0.505 e. The number of hydrogen-bond acceptors (Lipinski definition) is 21. The topological polar surface area (TPSA) is 338 Å². The minimum absolute atomic E-state index is 0.0448. The van der Waals surface area contributed by atoms with Crippen LogP contribution in [0, 0.1) is 6.92 Å². The maximum atomic E-state index is 12.8. The number of azo groups is 5. The Morgan fingerprint density at radius 1 is 0.473 bits per heavy atom. The molecule has 0 aromatic heterocycles. The molecule has 0 saturated carbocycles. The molecule has 25 heteroatoms. The number of nitrogens with two attached hydrogens (primary N) is 1. The summed E-state index contributed by atoms with van der Waals surface area (Å²) in [6.07, 6.45) is 0. The second kappa shape index (κ2) is 21.1. The molecule has 0 spiro atoms. The van der Waals surface area contributed by atoms with E-state index >= 15 is 0 Å². The lowest BCUT2D eigenvalue weighted by atomic mass is 10.0. The number of nitrogen functional groups attached to an aromatic ring is 1. The highest BCUT2D eigenvalue weighted by molar-refractivity contribution is 7.94. The summed E-state index contributed by atoms with van der Waals surface area (Å²) in [6, 6.07) is 41.1.